The van der Waals surface area contributed by atoms with Crippen LogP contribution in [-0.4, -0.2) is 38.1 Å². The lowest BCUT2D eigenvalue weighted by atomic mass is 10.1. The van der Waals surface area contributed by atoms with Gasteiger partial charge in [-0.2, -0.15) is 0 Å². The van der Waals surface area contributed by atoms with Gasteiger partial charge in [-0.05, 0) is 46.4 Å². The molecular weight excluding hydrogens is 172 g/mol. The van der Waals surface area contributed by atoms with Crippen LogP contribution >= 0.6 is 0 Å². The molecule has 0 aliphatic carbocycles. The third-order valence-corrected chi connectivity index (χ3v) is 2.49. The highest BCUT2D eigenvalue weighted by Gasteiger charge is 2.04. The van der Waals surface area contributed by atoms with Gasteiger partial charge in [0.1, 0.15) is 0 Å². The maximum atomic E-state index is 3.65. The van der Waals surface area contributed by atoms with Crippen LogP contribution in [0.3, 0.4) is 0 Å². The zero-order valence-corrected chi connectivity index (χ0v) is 10.5. The Labute approximate surface area is 90.1 Å². The summed E-state index contributed by atoms with van der Waals surface area (Å²) < 4.78 is 0. The SMILES string of the molecule is CCCC(CCC)NCCCN(C)C. The van der Waals surface area contributed by atoms with Crippen molar-refractivity contribution in [3.63, 3.8) is 0 Å². The summed E-state index contributed by atoms with van der Waals surface area (Å²) in [5.74, 6) is 0. The zero-order chi connectivity index (χ0) is 10.8. The first-order valence-corrected chi connectivity index (χ1v) is 6.08. The van der Waals surface area contributed by atoms with Crippen molar-refractivity contribution in [1.29, 1.82) is 0 Å². The molecule has 0 saturated heterocycles. The van der Waals surface area contributed by atoms with E-state index < -0.39 is 0 Å². The average Bonchev–Trinajstić information content (AvgIpc) is 2.12. The first-order valence-electron chi connectivity index (χ1n) is 6.08. The second kappa shape index (κ2) is 9.47. The van der Waals surface area contributed by atoms with Gasteiger partial charge >= 0.3 is 0 Å². The molecule has 1 N–H and O–H groups in total. The molecule has 2 heteroatoms. The molecule has 0 heterocycles. The van der Waals surface area contributed by atoms with Crippen molar-refractivity contribution in [2.75, 3.05) is 27.2 Å². The molecule has 0 aliphatic heterocycles. The van der Waals surface area contributed by atoms with Gasteiger partial charge in [0.2, 0.25) is 0 Å². The quantitative estimate of drug-likeness (QED) is 0.575. The second-order valence-corrected chi connectivity index (χ2v) is 4.39. The average molecular weight is 200 g/mol. The second-order valence-electron chi connectivity index (χ2n) is 4.39. The van der Waals surface area contributed by atoms with Crippen LogP contribution in [0.4, 0.5) is 0 Å². The van der Waals surface area contributed by atoms with Crippen LogP contribution in [0.15, 0.2) is 0 Å². The molecule has 86 valence electrons. The molecule has 0 saturated carbocycles. The van der Waals surface area contributed by atoms with Crippen LogP contribution in [0.5, 0.6) is 0 Å². The minimum Gasteiger partial charge on any atom is -0.314 e. The van der Waals surface area contributed by atoms with E-state index >= 15 is 0 Å². The largest absolute Gasteiger partial charge is 0.314 e. The predicted molar refractivity (Wildman–Crippen MR) is 64.8 cm³/mol. The molecule has 0 aromatic heterocycles. The van der Waals surface area contributed by atoms with Crippen molar-refractivity contribution < 1.29 is 0 Å². The third-order valence-electron chi connectivity index (χ3n) is 2.49. The van der Waals surface area contributed by atoms with E-state index in [1.54, 1.807) is 0 Å². The summed E-state index contributed by atoms with van der Waals surface area (Å²) in [6.07, 6.45) is 6.51. The van der Waals surface area contributed by atoms with E-state index in [0.717, 1.165) is 6.04 Å². The third kappa shape index (κ3) is 8.52. The van der Waals surface area contributed by atoms with E-state index in [1.165, 1.54) is 45.2 Å². The molecule has 0 aromatic carbocycles. The fourth-order valence-corrected chi connectivity index (χ4v) is 1.75. The lowest BCUT2D eigenvalue weighted by Gasteiger charge is -2.18. The Hall–Kier alpha value is -0.0800. The zero-order valence-electron chi connectivity index (χ0n) is 10.5. The van der Waals surface area contributed by atoms with E-state index in [9.17, 15) is 0 Å². The normalized spacial score (nSPS) is 11.6. The Bertz CT molecular complexity index is 107. The van der Waals surface area contributed by atoms with Gasteiger partial charge in [-0.3, -0.25) is 0 Å². The number of hydrogen-bond donors (Lipinski definition) is 1. The standard InChI is InChI=1S/C12H28N2/c1-5-8-12(9-6-2)13-10-7-11-14(3)4/h12-13H,5-11H2,1-4H3. The smallest absolute Gasteiger partial charge is 0.00668 e. The summed E-state index contributed by atoms with van der Waals surface area (Å²) in [5, 5.41) is 3.65. The molecule has 0 radical (unpaired) electrons. The summed E-state index contributed by atoms with van der Waals surface area (Å²) in [7, 11) is 4.27. The maximum absolute atomic E-state index is 3.65. The number of hydrogen-bond acceptors (Lipinski definition) is 2. The molecule has 0 aliphatic rings. The Balaban J connectivity index is 3.40. The molecule has 2 nitrogen and oxygen atoms in total. The summed E-state index contributed by atoms with van der Waals surface area (Å²) >= 11 is 0. The minimum atomic E-state index is 0.757. The minimum absolute atomic E-state index is 0.757. The monoisotopic (exact) mass is 200 g/mol. The van der Waals surface area contributed by atoms with Crippen LogP contribution < -0.4 is 5.32 Å². The van der Waals surface area contributed by atoms with Gasteiger partial charge in [0.15, 0.2) is 0 Å². The van der Waals surface area contributed by atoms with Crippen LogP contribution in [0, 0.1) is 0 Å². The number of nitrogens with one attached hydrogen (secondary N) is 1. The topological polar surface area (TPSA) is 15.3 Å². The number of rotatable bonds is 9. The van der Waals surface area contributed by atoms with Crippen molar-refractivity contribution >= 4 is 0 Å². The van der Waals surface area contributed by atoms with Crippen molar-refractivity contribution in [3.8, 4) is 0 Å². The molecule has 0 atom stereocenters. The van der Waals surface area contributed by atoms with Crippen LogP contribution in [-0.2, 0) is 0 Å². The Kier molecular flexibility index (Phi) is 9.42. The van der Waals surface area contributed by atoms with Gasteiger partial charge in [0, 0.05) is 6.04 Å². The van der Waals surface area contributed by atoms with Gasteiger partial charge < -0.3 is 10.2 Å². The van der Waals surface area contributed by atoms with E-state index in [4.69, 9.17) is 0 Å². The number of nitrogens with zero attached hydrogens (tertiary/aromatic N) is 1. The van der Waals surface area contributed by atoms with Gasteiger partial charge in [0.05, 0.1) is 0 Å². The molecule has 0 unspecified atom stereocenters. The molecule has 0 spiro atoms. The maximum Gasteiger partial charge on any atom is 0.00668 e. The summed E-state index contributed by atoms with van der Waals surface area (Å²) in [4.78, 5) is 2.25. The van der Waals surface area contributed by atoms with Crippen LogP contribution in [0.2, 0.25) is 0 Å². The highest BCUT2D eigenvalue weighted by molar-refractivity contribution is 4.65. The lowest BCUT2D eigenvalue weighted by molar-refractivity contribution is 0.375. The van der Waals surface area contributed by atoms with Gasteiger partial charge in [-0.15, -0.1) is 0 Å². The predicted octanol–water partition coefficient (Wildman–Crippen LogP) is 2.50. The first-order chi connectivity index (χ1) is 6.70. The lowest BCUT2D eigenvalue weighted by Crippen LogP contribution is -2.31. The summed E-state index contributed by atoms with van der Waals surface area (Å²) in [5.41, 5.74) is 0. The molecule has 0 bridgehead atoms. The highest BCUT2D eigenvalue weighted by atomic mass is 15.1. The highest BCUT2D eigenvalue weighted by Crippen LogP contribution is 2.04. The molecule has 14 heavy (non-hydrogen) atoms. The van der Waals surface area contributed by atoms with Crippen LogP contribution in [0.1, 0.15) is 46.0 Å². The molecular formula is C12H28N2. The van der Waals surface area contributed by atoms with Crippen molar-refractivity contribution in [3.05, 3.63) is 0 Å². The van der Waals surface area contributed by atoms with Crippen molar-refractivity contribution in [2.45, 2.75) is 52.0 Å². The molecule has 0 aromatic rings. The van der Waals surface area contributed by atoms with E-state index in [-0.39, 0.29) is 0 Å². The Morgan fingerprint density at radius 1 is 1.07 bits per heavy atom. The first kappa shape index (κ1) is 13.9. The van der Waals surface area contributed by atoms with Crippen molar-refractivity contribution in [2.24, 2.45) is 0 Å². The fourth-order valence-electron chi connectivity index (χ4n) is 1.75. The molecule has 0 amide bonds. The van der Waals surface area contributed by atoms with E-state index in [1.807, 2.05) is 0 Å². The summed E-state index contributed by atoms with van der Waals surface area (Å²) in [6.45, 7) is 6.90. The molecule has 0 fully saturated rings. The Morgan fingerprint density at radius 3 is 2.07 bits per heavy atom. The molecule has 0 rings (SSSR count). The van der Waals surface area contributed by atoms with Crippen LogP contribution in [0.25, 0.3) is 0 Å². The van der Waals surface area contributed by atoms with Gasteiger partial charge in [0.25, 0.3) is 0 Å². The van der Waals surface area contributed by atoms with E-state index in [2.05, 4.69) is 38.2 Å². The van der Waals surface area contributed by atoms with Gasteiger partial charge in [-0.25, -0.2) is 0 Å². The fraction of sp³-hybridized carbons (Fsp3) is 1.00. The Morgan fingerprint density at radius 2 is 1.64 bits per heavy atom. The summed E-state index contributed by atoms with van der Waals surface area (Å²) in [6, 6.07) is 0.757. The van der Waals surface area contributed by atoms with Gasteiger partial charge in [-0.1, -0.05) is 26.7 Å². The van der Waals surface area contributed by atoms with Crippen molar-refractivity contribution in [1.82, 2.24) is 10.2 Å². The van der Waals surface area contributed by atoms with E-state index in [0.29, 0.717) is 0 Å².